The summed E-state index contributed by atoms with van der Waals surface area (Å²) in [6, 6.07) is 1.04. The number of likely N-dealkylation sites (tertiary alicyclic amines) is 2. The zero-order chi connectivity index (χ0) is 21.0. The van der Waals surface area contributed by atoms with E-state index in [-0.39, 0.29) is 17.0 Å². The Morgan fingerprint density at radius 3 is 2.34 bits per heavy atom. The lowest BCUT2D eigenvalue weighted by molar-refractivity contribution is -0.131. The van der Waals surface area contributed by atoms with Crippen molar-refractivity contribution in [3.05, 3.63) is 29.6 Å². The molecule has 2 saturated heterocycles. The first-order valence-corrected chi connectivity index (χ1v) is 9.81. The van der Waals surface area contributed by atoms with Gasteiger partial charge in [0.15, 0.2) is 17.5 Å². The van der Waals surface area contributed by atoms with E-state index in [4.69, 9.17) is 4.74 Å². The maximum Gasteiger partial charge on any atom is 0.321 e. The molecule has 0 radical (unpaired) electrons. The minimum atomic E-state index is -1.56. The van der Waals surface area contributed by atoms with Crippen LogP contribution in [0.4, 0.5) is 23.7 Å². The summed E-state index contributed by atoms with van der Waals surface area (Å²) in [5, 5.41) is 2.43. The van der Waals surface area contributed by atoms with Gasteiger partial charge in [-0.25, -0.2) is 18.0 Å². The molecule has 1 aromatic rings. The molecule has 9 heteroatoms. The third-order valence-corrected chi connectivity index (χ3v) is 6.05. The van der Waals surface area contributed by atoms with Crippen molar-refractivity contribution < 1.29 is 27.5 Å². The van der Waals surface area contributed by atoms with Crippen molar-refractivity contribution in [3.8, 4) is 0 Å². The van der Waals surface area contributed by atoms with E-state index in [1.807, 2.05) is 4.90 Å². The van der Waals surface area contributed by atoms with E-state index in [9.17, 15) is 22.8 Å². The number of benzene rings is 1. The minimum Gasteiger partial charge on any atom is -0.383 e. The Morgan fingerprint density at radius 2 is 1.72 bits per heavy atom. The van der Waals surface area contributed by atoms with Crippen LogP contribution in [-0.4, -0.2) is 61.6 Å². The summed E-state index contributed by atoms with van der Waals surface area (Å²) in [7, 11) is 1.61. The molecule has 2 fully saturated rings. The Hall–Kier alpha value is -2.29. The van der Waals surface area contributed by atoms with Crippen LogP contribution in [0.3, 0.4) is 0 Å². The second-order valence-corrected chi connectivity index (χ2v) is 7.79. The molecule has 0 aliphatic carbocycles. The third kappa shape index (κ3) is 5.01. The molecular formula is C20H26F3N3O3. The summed E-state index contributed by atoms with van der Waals surface area (Å²) >= 11 is 0. The van der Waals surface area contributed by atoms with Crippen LogP contribution >= 0.6 is 0 Å². The Balaban J connectivity index is 1.56. The molecule has 3 rings (SSSR count). The van der Waals surface area contributed by atoms with Crippen LogP contribution in [0.1, 0.15) is 32.1 Å². The van der Waals surface area contributed by atoms with Crippen LogP contribution in [0.25, 0.3) is 0 Å². The number of anilines is 1. The zero-order valence-electron chi connectivity index (χ0n) is 16.5. The topological polar surface area (TPSA) is 61.9 Å². The maximum absolute atomic E-state index is 13.3. The molecule has 0 bridgehead atoms. The second kappa shape index (κ2) is 9.02. The van der Waals surface area contributed by atoms with Gasteiger partial charge in [0.05, 0.1) is 6.61 Å². The molecule has 3 amide bonds. The SMILES string of the molecule is COCCN1CCC2(CCC1=O)CCN(C(=O)Nc1cc(F)c(F)c(F)c1)CC2. The van der Waals surface area contributed by atoms with Gasteiger partial charge in [-0.3, -0.25) is 4.79 Å². The van der Waals surface area contributed by atoms with Gasteiger partial charge in [0.25, 0.3) is 0 Å². The van der Waals surface area contributed by atoms with Crippen LogP contribution in [-0.2, 0) is 9.53 Å². The monoisotopic (exact) mass is 413 g/mol. The first-order chi connectivity index (χ1) is 13.8. The number of halogens is 3. The van der Waals surface area contributed by atoms with Crippen molar-refractivity contribution in [3.63, 3.8) is 0 Å². The summed E-state index contributed by atoms with van der Waals surface area (Å²) < 4.78 is 44.8. The van der Waals surface area contributed by atoms with E-state index in [1.54, 1.807) is 12.0 Å². The van der Waals surface area contributed by atoms with Crippen molar-refractivity contribution in [2.75, 3.05) is 45.2 Å². The molecule has 2 aliphatic heterocycles. The van der Waals surface area contributed by atoms with Gasteiger partial charge in [-0.15, -0.1) is 0 Å². The normalized spacial score (nSPS) is 19.4. The van der Waals surface area contributed by atoms with Gasteiger partial charge in [0.2, 0.25) is 5.91 Å². The predicted molar refractivity (Wildman–Crippen MR) is 101 cm³/mol. The number of carbonyl (C=O) groups is 2. The number of hydrogen-bond donors (Lipinski definition) is 1. The largest absolute Gasteiger partial charge is 0.383 e. The average molecular weight is 413 g/mol. The van der Waals surface area contributed by atoms with Gasteiger partial charge in [-0.1, -0.05) is 0 Å². The van der Waals surface area contributed by atoms with Gasteiger partial charge in [0.1, 0.15) is 0 Å². The lowest BCUT2D eigenvalue weighted by atomic mass is 9.73. The minimum absolute atomic E-state index is 0.0162. The van der Waals surface area contributed by atoms with E-state index in [2.05, 4.69) is 5.32 Å². The number of amides is 3. The van der Waals surface area contributed by atoms with E-state index in [0.717, 1.165) is 37.8 Å². The Kier molecular flexibility index (Phi) is 6.66. The number of methoxy groups -OCH3 is 1. The average Bonchev–Trinajstić information content (AvgIpc) is 2.85. The third-order valence-electron chi connectivity index (χ3n) is 6.05. The number of urea groups is 1. The molecule has 0 unspecified atom stereocenters. The van der Waals surface area contributed by atoms with Crippen molar-refractivity contribution in [2.24, 2.45) is 5.41 Å². The molecule has 1 spiro atoms. The highest BCUT2D eigenvalue weighted by molar-refractivity contribution is 5.89. The molecule has 0 saturated carbocycles. The van der Waals surface area contributed by atoms with Gasteiger partial charge in [-0.05, 0) is 31.1 Å². The van der Waals surface area contributed by atoms with E-state index in [0.29, 0.717) is 39.2 Å². The maximum atomic E-state index is 13.3. The summed E-state index contributed by atoms with van der Waals surface area (Å²) in [4.78, 5) is 28.2. The summed E-state index contributed by atoms with van der Waals surface area (Å²) in [5.74, 6) is -4.12. The molecule has 1 aromatic carbocycles. The molecule has 160 valence electrons. The fourth-order valence-electron chi connectivity index (χ4n) is 4.10. The Bertz CT molecular complexity index is 744. The van der Waals surface area contributed by atoms with Gasteiger partial charge in [0, 0.05) is 57.5 Å². The fraction of sp³-hybridized carbons (Fsp3) is 0.600. The van der Waals surface area contributed by atoms with Crippen LogP contribution in [0.15, 0.2) is 12.1 Å². The fourth-order valence-corrected chi connectivity index (χ4v) is 4.10. The lowest BCUT2D eigenvalue weighted by Crippen LogP contribution is -2.45. The number of nitrogens with one attached hydrogen (secondary N) is 1. The van der Waals surface area contributed by atoms with Crippen LogP contribution in [0, 0.1) is 22.9 Å². The zero-order valence-corrected chi connectivity index (χ0v) is 16.5. The molecule has 0 atom stereocenters. The number of carbonyl (C=O) groups excluding carboxylic acids is 2. The number of hydrogen-bond acceptors (Lipinski definition) is 3. The first kappa shape index (κ1) is 21.4. The highest BCUT2D eigenvalue weighted by Crippen LogP contribution is 2.41. The number of piperidine rings is 1. The van der Waals surface area contributed by atoms with Gasteiger partial charge in [-0.2, -0.15) is 0 Å². The summed E-state index contributed by atoms with van der Waals surface area (Å²) in [6.07, 6.45) is 3.69. The number of ether oxygens (including phenoxy) is 1. The number of rotatable bonds is 4. The quantitative estimate of drug-likeness (QED) is 0.770. The first-order valence-electron chi connectivity index (χ1n) is 9.81. The Labute approximate surface area is 168 Å². The van der Waals surface area contributed by atoms with Gasteiger partial charge >= 0.3 is 6.03 Å². The second-order valence-electron chi connectivity index (χ2n) is 7.79. The highest BCUT2D eigenvalue weighted by Gasteiger charge is 2.38. The van der Waals surface area contributed by atoms with Crippen LogP contribution in [0.5, 0.6) is 0 Å². The van der Waals surface area contributed by atoms with Crippen molar-refractivity contribution >= 4 is 17.6 Å². The molecule has 1 N–H and O–H groups in total. The van der Waals surface area contributed by atoms with E-state index < -0.39 is 23.5 Å². The van der Waals surface area contributed by atoms with Crippen LogP contribution < -0.4 is 5.32 Å². The summed E-state index contributed by atoms with van der Waals surface area (Å²) in [6.45, 7) is 2.76. The lowest BCUT2D eigenvalue weighted by Gasteiger charge is -2.41. The van der Waals surface area contributed by atoms with Crippen LogP contribution in [0.2, 0.25) is 0 Å². The predicted octanol–water partition coefficient (Wildman–Crippen LogP) is 3.38. The molecule has 0 aromatic heterocycles. The van der Waals surface area contributed by atoms with E-state index >= 15 is 0 Å². The van der Waals surface area contributed by atoms with Gasteiger partial charge < -0.3 is 19.9 Å². The molecule has 29 heavy (non-hydrogen) atoms. The summed E-state index contributed by atoms with van der Waals surface area (Å²) in [5.41, 5.74) is -0.108. The van der Waals surface area contributed by atoms with Crippen molar-refractivity contribution in [1.82, 2.24) is 9.80 Å². The van der Waals surface area contributed by atoms with E-state index in [1.165, 1.54) is 0 Å². The molecular weight excluding hydrogens is 387 g/mol. The standard InChI is InChI=1S/C20H26F3N3O3/c1-29-11-10-25-7-4-20(3-2-17(25)27)5-8-26(9-6-20)19(28)24-14-12-15(21)18(23)16(22)13-14/h12-13H,2-11H2,1H3,(H,24,28). The van der Waals surface area contributed by atoms with Crippen molar-refractivity contribution in [1.29, 1.82) is 0 Å². The smallest absolute Gasteiger partial charge is 0.321 e. The van der Waals surface area contributed by atoms with Crippen molar-refractivity contribution in [2.45, 2.75) is 32.1 Å². The molecule has 6 nitrogen and oxygen atoms in total. The Morgan fingerprint density at radius 1 is 1.10 bits per heavy atom. The highest BCUT2D eigenvalue weighted by atomic mass is 19.2. The molecule has 2 heterocycles. The number of nitrogens with zero attached hydrogens (tertiary/aromatic N) is 2. The molecule has 2 aliphatic rings.